The lowest BCUT2D eigenvalue weighted by Gasteiger charge is -2.22. The summed E-state index contributed by atoms with van der Waals surface area (Å²) in [6.45, 7) is 4.71. The van der Waals surface area contributed by atoms with Gasteiger partial charge in [0, 0.05) is 22.1 Å². The summed E-state index contributed by atoms with van der Waals surface area (Å²) in [6.07, 6.45) is 0. The minimum atomic E-state index is -0.0613. The van der Waals surface area contributed by atoms with Gasteiger partial charge in [-0.2, -0.15) is 0 Å². The third-order valence-electron chi connectivity index (χ3n) is 12.3. The Morgan fingerprint density at radius 1 is 0.305 bits per heavy atom. The number of nitrogens with zero attached hydrogens (tertiary/aromatic N) is 2. The molecule has 11 rings (SSSR count). The predicted octanol–water partition coefficient (Wildman–Crippen LogP) is 15.1. The Kier molecular flexibility index (Phi) is 8.20. The van der Waals surface area contributed by atoms with E-state index in [1.807, 2.05) is 18.2 Å². The first-order chi connectivity index (χ1) is 29.0. The van der Waals surface area contributed by atoms with Crippen LogP contribution in [0.15, 0.2) is 206 Å². The van der Waals surface area contributed by atoms with Gasteiger partial charge in [-0.05, 0) is 114 Å². The average Bonchev–Trinajstić information content (AvgIpc) is 3.52. The summed E-state index contributed by atoms with van der Waals surface area (Å²) in [5.74, 6) is 0.706. The molecule has 0 saturated heterocycles. The highest BCUT2D eigenvalue weighted by Gasteiger charge is 2.35. The molecule has 2 heteroatoms. The number of rotatable bonds is 6. The minimum absolute atomic E-state index is 0.0613. The molecule has 0 bridgehead atoms. The van der Waals surface area contributed by atoms with E-state index in [0.29, 0.717) is 5.82 Å². The smallest absolute Gasteiger partial charge is 0.160 e. The summed E-state index contributed by atoms with van der Waals surface area (Å²) in [6, 6.07) is 74.4. The van der Waals surface area contributed by atoms with Crippen LogP contribution in [0.5, 0.6) is 0 Å². The van der Waals surface area contributed by atoms with Crippen molar-refractivity contribution in [2.24, 2.45) is 0 Å². The van der Waals surface area contributed by atoms with E-state index in [9.17, 15) is 0 Å². The third kappa shape index (κ3) is 6.04. The van der Waals surface area contributed by atoms with Gasteiger partial charge in [0.15, 0.2) is 5.82 Å². The quantitative estimate of drug-likeness (QED) is 0.169. The lowest BCUT2D eigenvalue weighted by Crippen LogP contribution is -2.14. The minimum Gasteiger partial charge on any atom is -0.228 e. The molecule has 59 heavy (non-hydrogen) atoms. The summed E-state index contributed by atoms with van der Waals surface area (Å²) in [4.78, 5) is 10.4. The van der Waals surface area contributed by atoms with E-state index in [1.54, 1.807) is 0 Å². The zero-order chi connectivity index (χ0) is 39.5. The second-order valence-electron chi connectivity index (χ2n) is 16.2. The van der Waals surface area contributed by atoms with Crippen molar-refractivity contribution in [3.63, 3.8) is 0 Å². The van der Waals surface area contributed by atoms with E-state index < -0.39 is 0 Å². The Labute approximate surface area is 345 Å². The van der Waals surface area contributed by atoms with Gasteiger partial charge in [-0.15, -0.1) is 0 Å². The number of fused-ring (bicyclic) bond motifs is 5. The summed E-state index contributed by atoms with van der Waals surface area (Å²) in [5.41, 5.74) is 17.4. The molecule has 0 N–H and O–H groups in total. The maximum absolute atomic E-state index is 5.25. The fourth-order valence-electron chi connectivity index (χ4n) is 9.20. The Balaban J connectivity index is 1.01. The van der Waals surface area contributed by atoms with Gasteiger partial charge in [0.1, 0.15) is 0 Å². The molecule has 0 radical (unpaired) electrons. The number of benzene rings is 9. The van der Waals surface area contributed by atoms with Crippen molar-refractivity contribution in [2.75, 3.05) is 0 Å². The molecule has 1 heterocycles. The molecule has 0 spiro atoms. The van der Waals surface area contributed by atoms with Crippen LogP contribution >= 0.6 is 0 Å². The van der Waals surface area contributed by atoms with Crippen LogP contribution in [-0.2, 0) is 5.41 Å². The van der Waals surface area contributed by atoms with Crippen LogP contribution in [-0.4, -0.2) is 9.97 Å². The number of aromatic nitrogens is 2. The van der Waals surface area contributed by atoms with Crippen molar-refractivity contribution in [3.05, 3.63) is 217 Å². The fourth-order valence-corrected chi connectivity index (χ4v) is 9.20. The first-order valence-electron chi connectivity index (χ1n) is 20.4. The standard InChI is InChI=1S/C57H40N2/c1-57(2)52-30-27-43(34-50(52)51-33-41-19-9-10-20-42(41)35-53(51)57)40-22-13-23-44(31-40)46-28-29-49(48-26-12-11-25-47(46)48)55-36-54(58-56(59-55)38-17-7-4-8-18-38)45-24-14-21-39(32-45)37-15-5-3-6-16-37/h3-36H,1-2H3. The van der Waals surface area contributed by atoms with Crippen LogP contribution < -0.4 is 0 Å². The second kappa shape index (κ2) is 13.9. The zero-order valence-electron chi connectivity index (χ0n) is 33.0. The fraction of sp³-hybridized carbons (Fsp3) is 0.0526. The monoisotopic (exact) mass is 752 g/mol. The van der Waals surface area contributed by atoms with E-state index in [4.69, 9.17) is 9.97 Å². The number of hydrogen-bond donors (Lipinski definition) is 0. The topological polar surface area (TPSA) is 25.8 Å². The molecule has 0 amide bonds. The maximum Gasteiger partial charge on any atom is 0.160 e. The molecule has 0 fully saturated rings. The van der Waals surface area contributed by atoms with Crippen LogP contribution in [0.2, 0.25) is 0 Å². The maximum atomic E-state index is 5.25. The molecule has 0 unspecified atom stereocenters. The third-order valence-corrected chi connectivity index (χ3v) is 12.3. The Morgan fingerprint density at radius 2 is 0.831 bits per heavy atom. The molecule has 0 saturated carbocycles. The summed E-state index contributed by atoms with van der Waals surface area (Å²) in [5, 5.41) is 4.92. The Morgan fingerprint density at radius 3 is 1.59 bits per heavy atom. The van der Waals surface area contributed by atoms with Crippen molar-refractivity contribution in [1.29, 1.82) is 0 Å². The van der Waals surface area contributed by atoms with Crippen LogP contribution in [0.4, 0.5) is 0 Å². The lowest BCUT2D eigenvalue weighted by molar-refractivity contribution is 0.661. The normalized spacial score (nSPS) is 12.7. The van der Waals surface area contributed by atoms with Gasteiger partial charge >= 0.3 is 0 Å². The molecule has 1 aliphatic carbocycles. The Bertz CT molecular complexity index is 3230. The summed E-state index contributed by atoms with van der Waals surface area (Å²) >= 11 is 0. The predicted molar refractivity (Wildman–Crippen MR) is 247 cm³/mol. The van der Waals surface area contributed by atoms with E-state index >= 15 is 0 Å². The Hall–Kier alpha value is -7.42. The highest BCUT2D eigenvalue weighted by Crippen LogP contribution is 2.51. The second-order valence-corrected chi connectivity index (χ2v) is 16.2. The molecule has 10 aromatic rings. The first kappa shape index (κ1) is 34.8. The largest absolute Gasteiger partial charge is 0.228 e. The lowest BCUT2D eigenvalue weighted by atomic mass is 9.81. The molecule has 9 aromatic carbocycles. The van der Waals surface area contributed by atoms with Crippen molar-refractivity contribution in [2.45, 2.75) is 19.3 Å². The van der Waals surface area contributed by atoms with Gasteiger partial charge in [0.05, 0.1) is 11.4 Å². The van der Waals surface area contributed by atoms with Crippen LogP contribution in [0.1, 0.15) is 25.0 Å². The molecule has 2 nitrogen and oxygen atoms in total. The SMILES string of the molecule is CC1(C)c2ccc(-c3cccc(-c4ccc(-c5cc(-c6cccc(-c7ccccc7)c6)nc(-c6ccccc6)n5)c5ccccc45)c3)cc2-c2cc3ccccc3cc21. The van der Waals surface area contributed by atoms with E-state index in [1.165, 1.54) is 66.2 Å². The van der Waals surface area contributed by atoms with Gasteiger partial charge in [-0.25, -0.2) is 9.97 Å². The van der Waals surface area contributed by atoms with Crippen molar-refractivity contribution in [3.8, 4) is 78.4 Å². The van der Waals surface area contributed by atoms with Crippen LogP contribution in [0, 0.1) is 0 Å². The molecule has 0 aliphatic heterocycles. The average molecular weight is 753 g/mol. The molecule has 278 valence electrons. The van der Waals surface area contributed by atoms with Crippen molar-refractivity contribution >= 4 is 21.5 Å². The van der Waals surface area contributed by atoms with Gasteiger partial charge < -0.3 is 0 Å². The molecule has 1 aromatic heterocycles. The van der Waals surface area contributed by atoms with E-state index in [0.717, 1.165) is 39.0 Å². The molecular weight excluding hydrogens is 713 g/mol. The van der Waals surface area contributed by atoms with Gasteiger partial charge in [-0.1, -0.05) is 184 Å². The van der Waals surface area contributed by atoms with Crippen LogP contribution in [0.3, 0.4) is 0 Å². The molecule has 1 aliphatic rings. The van der Waals surface area contributed by atoms with Gasteiger partial charge in [-0.3, -0.25) is 0 Å². The van der Waals surface area contributed by atoms with Gasteiger partial charge in [0.2, 0.25) is 0 Å². The first-order valence-corrected chi connectivity index (χ1v) is 20.4. The van der Waals surface area contributed by atoms with Gasteiger partial charge in [0.25, 0.3) is 0 Å². The van der Waals surface area contributed by atoms with Crippen molar-refractivity contribution in [1.82, 2.24) is 9.97 Å². The molecular formula is C57H40N2. The molecule has 0 atom stereocenters. The van der Waals surface area contributed by atoms with E-state index in [-0.39, 0.29) is 5.41 Å². The highest BCUT2D eigenvalue weighted by atomic mass is 14.9. The van der Waals surface area contributed by atoms with Crippen molar-refractivity contribution < 1.29 is 0 Å². The van der Waals surface area contributed by atoms with Crippen LogP contribution in [0.25, 0.3) is 100.0 Å². The zero-order valence-corrected chi connectivity index (χ0v) is 33.0. The summed E-state index contributed by atoms with van der Waals surface area (Å²) in [7, 11) is 0. The highest BCUT2D eigenvalue weighted by molar-refractivity contribution is 6.05. The number of hydrogen-bond acceptors (Lipinski definition) is 2. The summed E-state index contributed by atoms with van der Waals surface area (Å²) < 4.78 is 0. The van der Waals surface area contributed by atoms with E-state index in [2.05, 4.69) is 202 Å².